The van der Waals surface area contributed by atoms with Gasteiger partial charge in [-0.1, -0.05) is 26.7 Å². The van der Waals surface area contributed by atoms with E-state index in [2.05, 4.69) is 40.6 Å². The quantitative estimate of drug-likeness (QED) is 0.583. The zero-order valence-electron chi connectivity index (χ0n) is 12.6. The van der Waals surface area contributed by atoms with E-state index in [9.17, 15) is 0 Å². The van der Waals surface area contributed by atoms with Crippen LogP contribution in [-0.4, -0.2) is 16.5 Å². The molecule has 0 aliphatic heterocycles. The van der Waals surface area contributed by atoms with Gasteiger partial charge in [-0.3, -0.25) is 5.43 Å². The predicted molar refractivity (Wildman–Crippen MR) is 89.6 cm³/mol. The maximum absolute atomic E-state index is 5.49. The molecule has 5 nitrogen and oxygen atoms in total. The van der Waals surface area contributed by atoms with Gasteiger partial charge < -0.3 is 5.32 Å². The highest BCUT2D eigenvalue weighted by Gasteiger charge is 2.23. The lowest BCUT2D eigenvalue weighted by Gasteiger charge is -2.17. The highest BCUT2D eigenvalue weighted by molar-refractivity contribution is 7.18. The van der Waals surface area contributed by atoms with Crippen LogP contribution in [0.1, 0.15) is 38.0 Å². The van der Waals surface area contributed by atoms with Crippen molar-refractivity contribution in [1.29, 1.82) is 0 Å². The molecule has 3 rings (SSSR count). The minimum atomic E-state index is 0.481. The summed E-state index contributed by atoms with van der Waals surface area (Å²) in [6, 6.07) is 2.20. The molecule has 114 valence electrons. The minimum Gasteiger partial charge on any atom is -0.369 e. The Morgan fingerprint density at radius 2 is 2.24 bits per heavy atom. The third-order valence-electron chi connectivity index (χ3n) is 4.49. The van der Waals surface area contributed by atoms with Crippen LogP contribution in [0, 0.1) is 11.8 Å². The van der Waals surface area contributed by atoms with E-state index in [-0.39, 0.29) is 0 Å². The number of nitrogen functional groups attached to an aromatic ring is 1. The van der Waals surface area contributed by atoms with Gasteiger partial charge in [0.05, 0.1) is 5.39 Å². The number of hydrazine groups is 1. The molecule has 0 aromatic carbocycles. The Labute approximate surface area is 129 Å². The molecule has 2 unspecified atom stereocenters. The molecule has 2 aromatic heterocycles. The number of anilines is 2. The van der Waals surface area contributed by atoms with E-state index in [1.165, 1.54) is 24.1 Å². The van der Waals surface area contributed by atoms with Gasteiger partial charge in [0.25, 0.3) is 0 Å². The first-order valence-corrected chi connectivity index (χ1v) is 8.53. The third-order valence-corrected chi connectivity index (χ3v) is 5.67. The normalized spacial score (nSPS) is 21.9. The van der Waals surface area contributed by atoms with Gasteiger partial charge in [0.1, 0.15) is 10.6 Å². The van der Waals surface area contributed by atoms with Crippen LogP contribution < -0.4 is 16.6 Å². The third kappa shape index (κ3) is 2.96. The molecule has 0 saturated heterocycles. The van der Waals surface area contributed by atoms with Crippen molar-refractivity contribution in [3.05, 3.63) is 10.9 Å². The second kappa shape index (κ2) is 6.15. The summed E-state index contributed by atoms with van der Waals surface area (Å²) in [5.41, 5.74) is 2.57. The molecule has 1 fully saturated rings. The summed E-state index contributed by atoms with van der Waals surface area (Å²) >= 11 is 1.71. The predicted octanol–water partition coefficient (Wildman–Crippen LogP) is 3.39. The average Bonchev–Trinajstić information content (AvgIpc) is 3.10. The SMILES string of the molecule is CCc1cc2c(NCC3CCCC3C)nc(NN)nc2s1. The van der Waals surface area contributed by atoms with Gasteiger partial charge >= 0.3 is 0 Å². The second-order valence-corrected chi connectivity index (χ2v) is 6.99. The van der Waals surface area contributed by atoms with E-state index in [1.54, 1.807) is 11.3 Å². The zero-order valence-corrected chi connectivity index (χ0v) is 13.5. The molecule has 2 aromatic rings. The van der Waals surface area contributed by atoms with Gasteiger partial charge in [0.2, 0.25) is 5.95 Å². The van der Waals surface area contributed by atoms with Crippen LogP contribution in [-0.2, 0) is 6.42 Å². The van der Waals surface area contributed by atoms with Crippen molar-refractivity contribution in [2.24, 2.45) is 17.7 Å². The van der Waals surface area contributed by atoms with Crippen molar-refractivity contribution in [2.75, 3.05) is 17.3 Å². The van der Waals surface area contributed by atoms with Gasteiger partial charge in [-0.25, -0.2) is 10.8 Å². The lowest BCUT2D eigenvalue weighted by molar-refractivity contribution is 0.439. The molecule has 1 aliphatic carbocycles. The van der Waals surface area contributed by atoms with E-state index in [0.717, 1.165) is 40.8 Å². The zero-order chi connectivity index (χ0) is 14.8. The first-order valence-electron chi connectivity index (χ1n) is 7.72. The Balaban J connectivity index is 1.86. The standard InChI is InChI=1S/C15H23N5S/c1-3-11-7-12-13(17-8-10-6-4-5-9(10)2)18-15(20-16)19-14(12)21-11/h7,9-10H,3-6,8,16H2,1-2H3,(H2,17,18,19,20). The van der Waals surface area contributed by atoms with Crippen LogP contribution >= 0.6 is 11.3 Å². The number of fused-ring (bicyclic) bond motifs is 1. The molecule has 0 amide bonds. The Kier molecular flexibility index (Phi) is 4.26. The number of nitrogens with two attached hydrogens (primary N) is 1. The number of hydrogen-bond donors (Lipinski definition) is 3. The van der Waals surface area contributed by atoms with Gasteiger partial charge in [-0.05, 0) is 30.7 Å². The molecule has 0 radical (unpaired) electrons. The second-order valence-electron chi connectivity index (χ2n) is 5.87. The highest BCUT2D eigenvalue weighted by atomic mass is 32.1. The summed E-state index contributed by atoms with van der Waals surface area (Å²) in [6.07, 6.45) is 5.03. The number of aryl methyl sites for hydroxylation is 1. The number of nitrogens with one attached hydrogen (secondary N) is 2. The van der Waals surface area contributed by atoms with Gasteiger partial charge in [-0.2, -0.15) is 4.98 Å². The van der Waals surface area contributed by atoms with Gasteiger partial charge in [0, 0.05) is 11.4 Å². The fraction of sp³-hybridized carbons (Fsp3) is 0.600. The molecule has 1 aliphatic rings. The van der Waals surface area contributed by atoms with Crippen molar-refractivity contribution in [3.8, 4) is 0 Å². The largest absolute Gasteiger partial charge is 0.369 e. The molecule has 2 atom stereocenters. The fourth-order valence-corrected chi connectivity index (χ4v) is 4.07. The molecule has 6 heteroatoms. The smallest absolute Gasteiger partial charge is 0.240 e. The van der Waals surface area contributed by atoms with Crippen LogP contribution in [0.5, 0.6) is 0 Å². The molecule has 21 heavy (non-hydrogen) atoms. The van der Waals surface area contributed by atoms with E-state index >= 15 is 0 Å². The minimum absolute atomic E-state index is 0.481. The van der Waals surface area contributed by atoms with Crippen LogP contribution in [0.15, 0.2) is 6.07 Å². The Morgan fingerprint density at radius 1 is 1.38 bits per heavy atom. The number of rotatable bonds is 5. The maximum Gasteiger partial charge on any atom is 0.240 e. The number of thiophene rings is 1. The first-order chi connectivity index (χ1) is 10.2. The van der Waals surface area contributed by atoms with Crippen molar-refractivity contribution >= 4 is 33.3 Å². The summed E-state index contributed by atoms with van der Waals surface area (Å²) in [5, 5.41) is 4.64. The van der Waals surface area contributed by atoms with Crippen molar-refractivity contribution in [2.45, 2.75) is 39.5 Å². The molecule has 4 N–H and O–H groups in total. The van der Waals surface area contributed by atoms with Gasteiger partial charge in [0.15, 0.2) is 0 Å². The van der Waals surface area contributed by atoms with Crippen LogP contribution in [0.2, 0.25) is 0 Å². The monoisotopic (exact) mass is 305 g/mol. The van der Waals surface area contributed by atoms with Crippen LogP contribution in [0.4, 0.5) is 11.8 Å². The van der Waals surface area contributed by atoms with Gasteiger partial charge in [-0.15, -0.1) is 11.3 Å². The average molecular weight is 305 g/mol. The molecule has 0 spiro atoms. The van der Waals surface area contributed by atoms with E-state index in [0.29, 0.717) is 5.95 Å². The Hall–Kier alpha value is -1.40. The summed E-state index contributed by atoms with van der Waals surface area (Å²) < 4.78 is 0. The highest BCUT2D eigenvalue weighted by Crippen LogP contribution is 2.33. The number of hydrogen-bond acceptors (Lipinski definition) is 6. The molecule has 1 saturated carbocycles. The molecule has 0 bridgehead atoms. The van der Waals surface area contributed by atoms with E-state index in [1.807, 2.05) is 0 Å². The Bertz CT molecular complexity index is 624. The Morgan fingerprint density at radius 3 is 2.90 bits per heavy atom. The number of nitrogens with zero attached hydrogens (tertiary/aromatic N) is 2. The lowest BCUT2D eigenvalue weighted by atomic mass is 9.98. The summed E-state index contributed by atoms with van der Waals surface area (Å²) in [6.45, 7) is 5.49. The van der Waals surface area contributed by atoms with Crippen LogP contribution in [0.25, 0.3) is 10.2 Å². The summed E-state index contributed by atoms with van der Waals surface area (Å²) in [7, 11) is 0. The molecular weight excluding hydrogens is 282 g/mol. The lowest BCUT2D eigenvalue weighted by Crippen LogP contribution is -2.18. The summed E-state index contributed by atoms with van der Waals surface area (Å²) in [4.78, 5) is 11.3. The van der Waals surface area contributed by atoms with Crippen LogP contribution in [0.3, 0.4) is 0 Å². The molecule has 2 heterocycles. The fourth-order valence-electron chi connectivity index (χ4n) is 3.10. The topological polar surface area (TPSA) is 75.9 Å². The van der Waals surface area contributed by atoms with E-state index in [4.69, 9.17) is 5.84 Å². The first kappa shape index (κ1) is 14.5. The van der Waals surface area contributed by atoms with Crippen molar-refractivity contribution < 1.29 is 0 Å². The number of aromatic nitrogens is 2. The van der Waals surface area contributed by atoms with Crippen molar-refractivity contribution in [3.63, 3.8) is 0 Å². The summed E-state index contributed by atoms with van der Waals surface area (Å²) in [5.74, 6) is 8.42. The van der Waals surface area contributed by atoms with E-state index < -0.39 is 0 Å². The van der Waals surface area contributed by atoms with Crippen molar-refractivity contribution in [1.82, 2.24) is 9.97 Å². The maximum atomic E-state index is 5.49. The molecular formula is C15H23N5S.